The van der Waals surface area contributed by atoms with E-state index in [1.165, 1.54) is 0 Å². The average molecular weight is 260 g/mol. The molecule has 1 atom stereocenters. The fourth-order valence-electron chi connectivity index (χ4n) is 1.63. The third-order valence-electron chi connectivity index (χ3n) is 2.64. The molecular formula is C15H20N2O2. The standard InChI is InChI=1S/C15H20N2O2/c1-3-5-12(11-16)15(18)17-13-6-8-14(9-7-13)19-10-4-2/h6-9,12H,3-5,10H2,1-2H3,(H,17,18). The molecule has 0 saturated heterocycles. The van der Waals surface area contributed by atoms with Crippen molar-refractivity contribution in [1.82, 2.24) is 0 Å². The molecule has 0 aromatic heterocycles. The second-order valence-corrected chi connectivity index (χ2v) is 4.33. The van der Waals surface area contributed by atoms with E-state index in [2.05, 4.69) is 5.32 Å². The summed E-state index contributed by atoms with van der Waals surface area (Å²) in [6.07, 6.45) is 2.36. The van der Waals surface area contributed by atoms with Crippen LogP contribution in [0.4, 0.5) is 5.69 Å². The van der Waals surface area contributed by atoms with Gasteiger partial charge in [0, 0.05) is 5.69 Å². The van der Waals surface area contributed by atoms with Crippen LogP contribution in [0.15, 0.2) is 24.3 Å². The van der Waals surface area contributed by atoms with E-state index in [0.717, 1.165) is 18.6 Å². The maximum Gasteiger partial charge on any atom is 0.241 e. The first-order chi connectivity index (χ1) is 9.21. The molecule has 0 radical (unpaired) electrons. The van der Waals surface area contributed by atoms with Crippen LogP contribution in [-0.4, -0.2) is 12.5 Å². The fraction of sp³-hybridized carbons (Fsp3) is 0.467. The lowest BCUT2D eigenvalue weighted by molar-refractivity contribution is -0.118. The highest BCUT2D eigenvalue weighted by Gasteiger charge is 2.16. The van der Waals surface area contributed by atoms with E-state index in [9.17, 15) is 4.79 Å². The molecule has 0 saturated carbocycles. The Kier molecular flexibility index (Phi) is 6.45. The highest BCUT2D eigenvalue weighted by molar-refractivity contribution is 5.94. The van der Waals surface area contributed by atoms with E-state index in [1.54, 1.807) is 12.1 Å². The summed E-state index contributed by atoms with van der Waals surface area (Å²) in [6.45, 7) is 4.68. The van der Waals surface area contributed by atoms with Gasteiger partial charge in [0.1, 0.15) is 11.7 Å². The number of nitriles is 1. The topological polar surface area (TPSA) is 62.1 Å². The van der Waals surface area contributed by atoms with Gasteiger partial charge in [-0.2, -0.15) is 5.26 Å². The van der Waals surface area contributed by atoms with Crippen molar-refractivity contribution < 1.29 is 9.53 Å². The Morgan fingerprint density at radius 1 is 1.32 bits per heavy atom. The molecule has 1 aromatic rings. The van der Waals surface area contributed by atoms with Crippen molar-refractivity contribution in [2.75, 3.05) is 11.9 Å². The van der Waals surface area contributed by atoms with Crippen LogP contribution >= 0.6 is 0 Å². The summed E-state index contributed by atoms with van der Waals surface area (Å²) in [5, 5.41) is 11.7. The summed E-state index contributed by atoms with van der Waals surface area (Å²) in [6, 6.07) is 9.21. The number of carbonyl (C=O) groups excluding carboxylic acids is 1. The van der Waals surface area contributed by atoms with E-state index in [4.69, 9.17) is 10.00 Å². The number of anilines is 1. The van der Waals surface area contributed by atoms with Gasteiger partial charge in [-0.1, -0.05) is 20.3 Å². The molecule has 1 unspecified atom stereocenters. The SMILES string of the molecule is CCCOc1ccc(NC(=O)C(C#N)CCC)cc1. The van der Waals surface area contributed by atoms with Crippen molar-refractivity contribution in [3.63, 3.8) is 0 Å². The van der Waals surface area contributed by atoms with Crippen molar-refractivity contribution in [2.24, 2.45) is 5.92 Å². The first-order valence-corrected chi connectivity index (χ1v) is 6.64. The Bertz CT molecular complexity index is 434. The van der Waals surface area contributed by atoms with Crippen LogP contribution in [0.5, 0.6) is 5.75 Å². The van der Waals surface area contributed by atoms with Crippen LogP contribution in [0.2, 0.25) is 0 Å². The van der Waals surface area contributed by atoms with Gasteiger partial charge >= 0.3 is 0 Å². The summed E-state index contributed by atoms with van der Waals surface area (Å²) in [4.78, 5) is 11.8. The van der Waals surface area contributed by atoms with E-state index >= 15 is 0 Å². The van der Waals surface area contributed by atoms with E-state index < -0.39 is 5.92 Å². The average Bonchev–Trinajstić information content (AvgIpc) is 2.43. The highest BCUT2D eigenvalue weighted by Crippen LogP contribution is 2.17. The number of nitrogens with one attached hydrogen (secondary N) is 1. The fourth-order valence-corrected chi connectivity index (χ4v) is 1.63. The molecule has 102 valence electrons. The molecule has 1 rings (SSSR count). The molecule has 19 heavy (non-hydrogen) atoms. The quantitative estimate of drug-likeness (QED) is 0.817. The maximum absolute atomic E-state index is 11.8. The number of benzene rings is 1. The van der Waals surface area contributed by atoms with E-state index in [-0.39, 0.29) is 5.91 Å². The molecule has 1 aromatic carbocycles. The number of rotatable bonds is 7. The molecule has 0 heterocycles. The number of amides is 1. The number of carbonyl (C=O) groups is 1. The molecule has 0 spiro atoms. The minimum atomic E-state index is -0.582. The van der Waals surface area contributed by atoms with E-state index in [0.29, 0.717) is 18.7 Å². The molecular weight excluding hydrogens is 240 g/mol. The molecule has 0 aliphatic carbocycles. The van der Waals surface area contributed by atoms with Gasteiger partial charge < -0.3 is 10.1 Å². The lowest BCUT2D eigenvalue weighted by Gasteiger charge is -2.10. The Balaban J connectivity index is 2.57. The van der Waals surface area contributed by atoms with Crippen LogP contribution < -0.4 is 10.1 Å². The van der Waals surface area contributed by atoms with Crippen molar-refractivity contribution in [3.8, 4) is 11.8 Å². The minimum absolute atomic E-state index is 0.244. The van der Waals surface area contributed by atoms with Gasteiger partial charge in [0.25, 0.3) is 0 Å². The monoisotopic (exact) mass is 260 g/mol. The van der Waals surface area contributed by atoms with Gasteiger partial charge in [0.15, 0.2) is 0 Å². The zero-order valence-electron chi connectivity index (χ0n) is 11.5. The van der Waals surface area contributed by atoms with Gasteiger partial charge in [-0.25, -0.2) is 0 Å². The predicted octanol–water partition coefficient (Wildman–Crippen LogP) is 3.35. The Hall–Kier alpha value is -2.02. The van der Waals surface area contributed by atoms with Gasteiger partial charge in [0.05, 0.1) is 12.7 Å². The van der Waals surface area contributed by atoms with Crippen molar-refractivity contribution in [1.29, 1.82) is 5.26 Å². The molecule has 1 N–H and O–H groups in total. The molecule has 1 amide bonds. The van der Waals surface area contributed by atoms with Crippen molar-refractivity contribution >= 4 is 11.6 Å². The lowest BCUT2D eigenvalue weighted by Crippen LogP contribution is -2.21. The third kappa shape index (κ3) is 5.01. The molecule has 0 bridgehead atoms. The molecule has 0 fully saturated rings. The number of hydrogen-bond acceptors (Lipinski definition) is 3. The first kappa shape index (κ1) is 15.0. The molecule has 4 nitrogen and oxygen atoms in total. The summed E-state index contributed by atoms with van der Waals surface area (Å²) >= 11 is 0. The molecule has 0 aliphatic rings. The number of nitrogens with zero attached hydrogens (tertiary/aromatic N) is 1. The van der Waals surface area contributed by atoms with Crippen LogP contribution in [0.1, 0.15) is 33.1 Å². The Morgan fingerprint density at radius 2 is 2.00 bits per heavy atom. The van der Waals surface area contributed by atoms with Crippen LogP contribution in [0, 0.1) is 17.2 Å². The number of ether oxygens (including phenoxy) is 1. The van der Waals surface area contributed by atoms with Gasteiger partial charge in [-0.15, -0.1) is 0 Å². The van der Waals surface area contributed by atoms with Crippen molar-refractivity contribution in [2.45, 2.75) is 33.1 Å². The zero-order valence-corrected chi connectivity index (χ0v) is 11.5. The molecule has 0 aliphatic heterocycles. The Labute approximate surface area is 114 Å². The summed E-state index contributed by atoms with van der Waals surface area (Å²) < 4.78 is 5.46. The van der Waals surface area contributed by atoms with Crippen LogP contribution in [0.25, 0.3) is 0 Å². The normalized spacial score (nSPS) is 11.4. The third-order valence-corrected chi connectivity index (χ3v) is 2.64. The second kappa shape index (κ2) is 8.15. The second-order valence-electron chi connectivity index (χ2n) is 4.33. The van der Waals surface area contributed by atoms with Crippen LogP contribution in [-0.2, 0) is 4.79 Å². The lowest BCUT2D eigenvalue weighted by atomic mass is 10.0. The number of hydrogen-bond donors (Lipinski definition) is 1. The summed E-state index contributed by atoms with van der Waals surface area (Å²) in [7, 11) is 0. The minimum Gasteiger partial charge on any atom is -0.494 e. The van der Waals surface area contributed by atoms with Gasteiger partial charge in [-0.3, -0.25) is 4.79 Å². The highest BCUT2D eigenvalue weighted by atomic mass is 16.5. The van der Waals surface area contributed by atoms with Crippen LogP contribution in [0.3, 0.4) is 0 Å². The predicted molar refractivity (Wildman–Crippen MR) is 74.9 cm³/mol. The zero-order chi connectivity index (χ0) is 14.1. The smallest absolute Gasteiger partial charge is 0.241 e. The Morgan fingerprint density at radius 3 is 2.53 bits per heavy atom. The first-order valence-electron chi connectivity index (χ1n) is 6.64. The largest absolute Gasteiger partial charge is 0.494 e. The van der Waals surface area contributed by atoms with Gasteiger partial charge in [0.2, 0.25) is 5.91 Å². The van der Waals surface area contributed by atoms with Crippen molar-refractivity contribution in [3.05, 3.63) is 24.3 Å². The summed E-state index contributed by atoms with van der Waals surface area (Å²) in [5.74, 6) is -0.0437. The molecule has 4 heteroatoms. The van der Waals surface area contributed by atoms with E-state index in [1.807, 2.05) is 32.0 Å². The van der Waals surface area contributed by atoms with Gasteiger partial charge in [-0.05, 0) is 37.1 Å². The summed E-state index contributed by atoms with van der Waals surface area (Å²) in [5.41, 5.74) is 0.685. The maximum atomic E-state index is 11.8.